The molecule has 5 rings (SSSR count). The molecule has 0 spiro atoms. The number of amides is 1. The maximum Gasteiger partial charge on any atom is 0.234 e. The zero-order valence-corrected chi connectivity index (χ0v) is 20.3. The van der Waals surface area contributed by atoms with Crippen molar-refractivity contribution < 1.29 is 9.53 Å². The van der Waals surface area contributed by atoms with Crippen LogP contribution in [0.15, 0.2) is 71.8 Å². The van der Waals surface area contributed by atoms with E-state index in [2.05, 4.69) is 18.3 Å². The molecule has 1 amide bonds. The molecular formula is C27H22ClN3O2S. The molecule has 0 unspecified atom stereocenters. The number of para-hydroxylation sites is 1. The van der Waals surface area contributed by atoms with Crippen molar-refractivity contribution in [3.63, 3.8) is 0 Å². The minimum absolute atomic E-state index is 0.0901. The monoisotopic (exact) mass is 487 g/mol. The molecule has 1 N–H and O–H groups in total. The van der Waals surface area contributed by atoms with Gasteiger partial charge in [-0.1, -0.05) is 59.3 Å². The van der Waals surface area contributed by atoms with Gasteiger partial charge in [0.2, 0.25) is 11.8 Å². The van der Waals surface area contributed by atoms with Gasteiger partial charge >= 0.3 is 0 Å². The van der Waals surface area contributed by atoms with E-state index >= 15 is 0 Å². The van der Waals surface area contributed by atoms with Crippen LogP contribution in [0.25, 0.3) is 11.4 Å². The highest BCUT2D eigenvalue weighted by atomic mass is 35.5. The Kier molecular flexibility index (Phi) is 6.26. The number of carbonyl (C=O) groups is 1. The van der Waals surface area contributed by atoms with Gasteiger partial charge in [0.15, 0.2) is 5.82 Å². The Hall–Kier alpha value is -3.35. The topological polar surface area (TPSA) is 64.1 Å². The Morgan fingerprint density at radius 2 is 1.85 bits per heavy atom. The zero-order valence-electron chi connectivity index (χ0n) is 18.8. The van der Waals surface area contributed by atoms with Crippen LogP contribution in [0.1, 0.15) is 22.3 Å². The minimum atomic E-state index is -0.0901. The highest BCUT2D eigenvalue weighted by Gasteiger charge is 2.25. The molecule has 0 saturated heterocycles. The Balaban J connectivity index is 1.46. The molecule has 0 bridgehead atoms. The normalized spacial score (nSPS) is 11.9. The number of carbonyl (C=O) groups excluding carboxylic acids is 1. The summed E-state index contributed by atoms with van der Waals surface area (Å²) in [5, 5.41) is 4.37. The summed E-state index contributed by atoms with van der Waals surface area (Å²) in [6, 6.07) is 21.2. The zero-order chi connectivity index (χ0) is 23.7. The predicted molar refractivity (Wildman–Crippen MR) is 137 cm³/mol. The Bertz CT molecular complexity index is 1390. The second-order valence-corrected chi connectivity index (χ2v) is 9.59. The lowest BCUT2D eigenvalue weighted by Gasteiger charge is -2.22. The van der Waals surface area contributed by atoms with E-state index < -0.39 is 0 Å². The summed E-state index contributed by atoms with van der Waals surface area (Å²) < 4.78 is 6.19. The molecule has 1 aliphatic heterocycles. The van der Waals surface area contributed by atoms with Gasteiger partial charge in [-0.25, -0.2) is 4.98 Å². The van der Waals surface area contributed by atoms with Crippen molar-refractivity contribution in [3.05, 3.63) is 94.0 Å². The summed E-state index contributed by atoms with van der Waals surface area (Å²) in [7, 11) is 0. The lowest BCUT2D eigenvalue weighted by molar-refractivity contribution is -0.113. The Morgan fingerprint density at radius 1 is 1.06 bits per heavy atom. The van der Waals surface area contributed by atoms with Crippen LogP contribution >= 0.6 is 23.4 Å². The first kappa shape index (κ1) is 22.4. The molecule has 4 aromatic rings. The molecule has 1 aromatic heterocycles. The SMILES string of the molecule is Cc1ccc2c(c1)Cc1c(nc(-c3ccc(Cl)cc3)nc1SCC(=O)Nc1ccccc1C)O2. The van der Waals surface area contributed by atoms with Crippen LogP contribution in [0.4, 0.5) is 5.69 Å². The third-order valence-electron chi connectivity index (χ3n) is 5.58. The van der Waals surface area contributed by atoms with E-state index in [-0.39, 0.29) is 11.7 Å². The molecule has 3 aromatic carbocycles. The molecule has 0 radical (unpaired) electrons. The number of nitrogens with zero attached hydrogens (tertiary/aromatic N) is 2. The van der Waals surface area contributed by atoms with Gasteiger partial charge in [-0.15, -0.1) is 0 Å². The number of hydrogen-bond acceptors (Lipinski definition) is 5. The molecular weight excluding hydrogens is 466 g/mol. The van der Waals surface area contributed by atoms with Gasteiger partial charge in [-0.3, -0.25) is 4.79 Å². The fraction of sp³-hybridized carbons (Fsp3) is 0.148. The first-order valence-electron chi connectivity index (χ1n) is 10.9. The second kappa shape index (κ2) is 9.49. The second-order valence-electron chi connectivity index (χ2n) is 8.18. The number of fused-ring (bicyclic) bond motifs is 2. The molecule has 0 aliphatic carbocycles. The maximum atomic E-state index is 12.7. The van der Waals surface area contributed by atoms with Crippen LogP contribution in [0.2, 0.25) is 5.02 Å². The predicted octanol–water partition coefficient (Wildman–Crippen LogP) is 6.84. The quantitative estimate of drug-likeness (QED) is 0.217. The van der Waals surface area contributed by atoms with Gasteiger partial charge in [0, 0.05) is 22.7 Å². The molecule has 1 aliphatic rings. The van der Waals surface area contributed by atoms with Crippen molar-refractivity contribution in [3.8, 4) is 23.0 Å². The van der Waals surface area contributed by atoms with Crippen LogP contribution in [-0.4, -0.2) is 21.6 Å². The molecule has 5 nitrogen and oxygen atoms in total. The minimum Gasteiger partial charge on any atom is -0.438 e. The summed E-state index contributed by atoms with van der Waals surface area (Å²) >= 11 is 7.45. The summed E-state index contributed by atoms with van der Waals surface area (Å²) in [5.74, 6) is 1.99. The number of hydrogen-bond donors (Lipinski definition) is 1. The average Bonchev–Trinajstić information content (AvgIpc) is 2.83. The van der Waals surface area contributed by atoms with Gasteiger partial charge in [0.1, 0.15) is 10.8 Å². The summed E-state index contributed by atoms with van der Waals surface area (Å²) in [4.78, 5) is 22.3. The number of aromatic nitrogens is 2. The van der Waals surface area contributed by atoms with Crippen molar-refractivity contribution in [1.29, 1.82) is 0 Å². The summed E-state index contributed by atoms with van der Waals surface area (Å²) in [6.45, 7) is 4.03. The molecule has 7 heteroatoms. The number of ether oxygens (including phenoxy) is 1. The lowest BCUT2D eigenvalue weighted by atomic mass is 10.0. The standard InChI is InChI=1S/C27H22ClN3O2S/c1-16-7-12-23-19(13-16)14-21-26(33-23)30-25(18-8-10-20(28)11-9-18)31-27(21)34-15-24(32)29-22-6-4-3-5-17(22)2/h3-13H,14-15H2,1-2H3,(H,29,32). The first-order chi connectivity index (χ1) is 16.5. The first-order valence-corrected chi connectivity index (χ1v) is 12.2. The van der Waals surface area contributed by atoms with E-state index in [1.54, 1.807) is 12.1 Å². The molecule has 34 heavy (non-hydrogen) atoms. The average molecular weight is 488 g/mol. The van der Waals surface area contributed by atoms with E-state index in [9.17, 15) is 4.79 Å². The number of thioether (sulfide) groups is 1. The van der Waals surface area contributed by atoms with E-state index in [0.29, 0.717) is 23.1 Å². The van der Waals surface area contributed by atoms with Gasteiger partial charge in [-0.05, 0) is 61.4 Å². The van der Waals surface area contributed by atoms with E-state index in [1.165, 1.54) is 11.8 Å². The Morgan fingerprint density at radius 3 is 2.65 bits per heavy atom. The highest BCUT2D eigenvalue weighted by molar-refractivity contribution is 8.00. The van der Waals surface area contributed by atoms with Crippen LogP contribution in [0, 0.1) is 13.8 Å². The number of halogens is 1. The van der Waals surface area contributed by atoms with Crippen LogP contribution in [-0.2, 0) is 11.2 Å². The highest BCUT2D eigenvalue weighted by Crippen LogP contribution is 2.40. The van der Waals surface area contributed by atoms with Crippen LogP contribution < -0.4 is 10.1 Å². The van der Waals surface area contributed by atoms with Gasteiger partial charge < -0.3 is 10.1 Å². The van der Waals surface area contributed by atoms with Crippen LogP contribution in [0.5, 0.6) is 11.6 Å². The summed E-state index contributed by atoms with van der Waals surface area (Å²) in [5.41, 5.74) is 5.80. The number of anilines is 1. The third kappa shape index (κ3) is 4.79. The van der Waals surface area contributed by atoms with Gasteiger partial charge in [0.05, 0.1) is 11.3 Å². The number of benzene rings is 3. The van der Waals surface area contributed by atoms with Crippen LogP contribution in [0.3, 0.4) is 0 Å². The third-order valence-corrected chi connectivity index (χ3v) is 6.85. The smallest absolute Gasteiger partial charge is 0.234 e. The van der Waals surface area contributed by atoms with Gasteiger partial charge in [-0.2, -0.15) is 4.98 Å². The Labute approximate surface area is 207 Å². The van der Waals surface area contributed by atoms with Crippen molar-refractivity contribution in [1.82, 2.24) is 9.97 Å². The van der Waals surface area contributed by atoms with Crippen molar-refractivity contribution in [2.75, 3.05) is 11.1 Å². The molecule has 170 valence electrons. The molecule has 0 saturated carbocycles. The van der Waals surface area contributed by atoms with Crippen molar-refractivity contribution >= 4 is 35.0 Å². The number of rotatable bonds is 5. The largest absolute Gasteiger partial charge is 0.438 e. The number of aryl methyl sites for hydroxylation is 2. The number of nitrogens with one attached hydrogen (secondary N) is 1. The van der Waals surface area contributed by atoms with E-state index in [1.807, 2.05) is 55.5 Å². The maximum absolute atomic E-state index is 12.7. The molecule has 0 atom stereocenters. The molecule has 0 fully saturated rings. The van der Waals surface area contributed by atoms with E-state index in [0.717, 1.165) is 44.3 Å². The fourth-order valence-corrected chi connectivity index (χ4v) is 4.75. The van der Waals surface area contributed by atoms with Gasteiger partial charge in [0.25, 0.3) is 0 Å². The fourth-order valence-electron chi connectivity index (χ4n) is 3.80. The van der Waals surface area contributed by atoms with Crippen molar-refractivity contribution in [2.45, 2.75) is 25.3 Å². The van der Waals surface area contributed by atoms with Crippen molar-refractivity contribution in [2.24, 2.45) is 0 Å². The lowest BCUT2D eigenvalue weighted by Crippen LogP contribution is -2.16. The molecule has 2 heterocycles. The van der Waals surface area contributed by atoms with E-state index in [4.69, 9.17) is 26.3 Å². The summed E-state index contributed by atoms with van der Waals surface area (Å²) in [6.07, 6.45) is 0.648.